The number of hydrogen-bond donors (Lipinski definition) is 1. The SMILES string of the molecule is COc1ccc(S(=O)(=O)N(CC(N)=O)c2c(Cc3c(F)cccc3F)cc(C)cc2OC)cc1OC. The van der Waals surface area contributed by atoms with E-state index in [1.807, 2.05) is 0 Å². The smallest absolute Gasteiger partial charge is 0.265 e. The molecule has 0 aliphatic heterocycles. The van der Waals surface area contributed by atoms with E-state index in [-0.39, 0.29) is 39.6 Å². The number of nitrogens with zero attached hydrogens (tertiary/aromatic N) is 1. The van der Waals surface area contributed by atoms with Crippen LogP contribution in [0.15, 0.2) is 53.4 Å². The van der Waals surface area contributed by atoms with Crippen molar-refractivity contribution in [2.24, 2.45) is 5.73 Å². The maximum absolute atomic E-state index is 14.5. The molecule has 8 nitrogen and oxygen atoms in total. The van der Waals surface area contributed by atoms with Gasteiger partial charge in [0.1, 0.15) is 23.9 Å². The van der Waals surface area contributed by atoms with Crippen LogP contribution in [-0.4, -0.2) is 42.2 Å². The van der Waals surface area contributed by atoms with E-state index >= 15 is 0 Å². The Labute approximate surface area is 208 Å². The summed E-state index contributed by atoms with van der Waals surface area (Å²) >= 11 is 0. The van der Waals surface area contributed by atoms with Gasteiger partial charge in [-0.3, -0.25) is 9.10 Å². The Hall–Kier alpha value is -3.86. The van der Waals surface area contributed by atoms with Crippen molar-refractivity contribution in [3.63, 3.8) is 0 Å². The number of methoxy groups -OCH3 is 3. The van der Waals surface area contributed by atoms with E-state index in [2.05, 4.69) is 0 Å². The summed E-state index contributed by atoms with van der Waals surface area (Å²) in [4.78, 5) is 11.8. The Morgan fingerprint density at radius 1 is 0.917 bits per heavy atom. The summed E-state index contributed by atoms with van der Waals surface area (Å²) in [6, 6.07) is 10.5. The molecule has 0 fully saturated rings. The minimum atomic E-state index is -4.46. The molecule has 0 heterocycles. The molecule has 3 rings (SSSR count). The third-order valence-electron chi connectivity index (χ3n) is 5.44. The fraction of sp³-hybridized carbons (Fsp3) is 0.240. The van der Waals surface area contributed by atoms with E-state index in [0.717, 1.165) is 16.4 Å². The van der Waals surface area contributed by atoms with E-state index in [4.69, 9.17) is 19.9 Å². The Bertz CT molecular complexity index is 1380. The van der Waals surface area contributed by atoms with Gasteiger partial charge in [0.2, 0.25) is 5.91 Å². The van der Waals surface area contributed by atoms with Crippen LogP contribution in [0.2, 0.25) is 0 Å². The van der Waals surface area contributed by atoms with E-state index in [1.54, 1.807) is 19.1 Å². The molecule has 0 aliphatic carbocycles. The van der Waals surface area contributed by atoms with Crippen LogP contribution in [0.5, 0.6) is 17.2 Å². The van der Waals surface area contributed by atoms with Crippen molar-refractivity contribution in [2.75, 3.05) is 32.2 Å². The van der Waals surface area contributed by atoms with Crippen molar-refractivity contribution in [1.82, 2.24) is 0 Å². The molecule has 192 valence electrons. The molecular weight excluding hydrogens is 494 g/mol. The Morgan fingerprint density at radius 2 is 1.53 bits per heavy atom. The van der Waals surface area contributed by atoms with E-state index < -0.39 is 34.1 Å². The fourth-order valence-corrected chi connectivity index (χ4v) is 5.31. The highest BCUT2D eigenvalue weighted by Gasteiger charge is 2.32. The lowest BCUT2D eigenvalue weighted by molar-refractivity contribution is -0.116. The van der Waals surface area contributed by atoms with Gasteiger partial charge in [0, 0.05) is 18.1 Å². The first kappa shape index (κ1) is 26.7. The number of anilines is 1. The molecule has 0 unspecified atom stereocenters. The number of hydrogen-bond acceptors (Lipinski definition) is 6. The molecule has 0 saturated heterocycles. The number of benzene rings is 3. The lowest BCUT2D eigenvalue weighted by Crippen LogP contribution is -2.39. The standard InChI is InChI=1S/C25H26F2N2O6S/c1-15-10-16(12-18-19(26)6-5-7-20(18)27)25(23(11-15)35-4)29(14-24(28)30)36(31,32)17-8-9-21(33-2)22(13-17)34-3/h5-11,13H,12,14H2,1-4H3,(H2,28,30). The average Bonchev–Trinajstić information content (AvgIpc) is 2.84. The molecule has 0 saturated carbocycles. The summed E-state index contributed by atoms with van der Waals surface area (Å²) in [5.74, 6) is -2.04. The summed E-state index contributed by atoms with van der Waals surface area (Å²) in [5, 5.41) is 0. The fourth-order valence-electron chi connectivity index (χ4n) is 3.81. The van der Waals surface area contributed by atoms with Crippen molar-refractivity contribution >= 4 is 21.6 Å². The van der Waals surface area contributed by atoms with Crippen LogP contribution in [-0.2, 0) is 21.2 Å². The van der Waals surface area contributed by atoms with Crippen LogP contribution in [0.4, 0.5) is 14.5 Å². The first-order valence-corrected chi connectivity index (χ1v) is 12.1. The minimum absolute atomic E-state index is 0.0701. The molecule has 0 radical (unpaired) electrons. The van der Waals surface area contributed by atoms with Gasteiger partial charge < -0.3 is 19.9 Å². The lowest BCUT2D eigenvalue weighted by atomic mass is 9.99. The number of primary amides is 1. The van der Waals surface area contributed by atoms with Gasteiger partial charge in [-0.25, -0.2) is 17.2 Å². The number of halogens is 2. The molecule has 2 N–H and O–H groups in total. The third-order valence-corrected chi connectivity index (χ3v) is 7.18. The van der Waals surface area contributed by atoms with Gasteiger partial charge in [-0.15, -0.1) is 0 Å². The zero-order valence-electron chi connectivity index (χ0n) is 20.2. The summed E-state index contributed by atoms with van der Waals surface area (Å²) in [5.41, 5.74) is 5.94. The van der Waals surface area contributed by atoms with Crippen LogP contribution in [0.1, 0.15) is 16.7 Å². The molecule has 36 heavy (non-hydrogen) atoms. The summed E-state index contributed by atoms with van der Waals surface area (Å²) in [7, 11) is -0.395. The third kappa shape index (κ3) is 5.35. The highest BCUT2D eigenvalue weighted by Crippen LogP contribution is 2.40. The van der Waals surface area contributed by atoms with E-state index in [1.165, 1.54) is 45.6 Å². The van der Waals surface area contributed by atoms with Crippen LogP contribution in [0.25, 0.3) is 0 Å². The molecule has 3 aromatic rings. The molecule has 1 amide bonds. The largest absolute Gasteiger partial charge is 0.495 e. The Morgan fingerprint density at radius 3 is 2.08 bits per heavy atom. The van der Waals surface area contributed by atoms with Crippen LogP contribution >= 0.6 is 0 Å². The second-order valence-electron chi connectivity index (χ2n) is 7.85. The summed E-state index contributed by atoms with van der Waals surface area (Å²) in [6.45, 7) is 0.956. The van der Waals surface area contributed by atoms with Crippen molar-refractivity contribution in [2.45, 2.75) is 18.2 Å². The Balaban J connectivity index is 2.28. The second kappa shape index (κ2) is 10.8. The zero-order chi connectivity index (χ0) is 26.6. The van der Waals surface area contributed by atoms with Crippen LogP contribution < -0.4 is 24.2 Å². The van der Waals surface area contributed by atoms with Gasteiger partial charge in [0.25, 0.3) is 10.0 Å². The number of nitrogens with two attached hydrogens (primary N) is 1. The van der Waals surface area contributed by atoms with Gasteiger partial charge in [-0.2, -0.15) is 0 Å². The van der Waals surface area contributed by atoms with Gasteiger partial charge in [0.15, 0.2) is 11.5 Å². The zero-order valence-corrected chi connectivity index (χ0v) is 21.0. The predicted octanol–water partition coefficient (Wildman–Crippen LogP) is 3.57. The normalized spacial score (nSPS) is 11.2. The van der Waals surface area contributed by atoms with Gasteiger partial charge in [-0.1, -0.05) is 12.1 Å². The minimum Gasteiger partial charge on any atom is -0.495 e. The Kier molecular flexibility index (Phi) is 8.03. The van der Waals surface area contributed by atoms with E-state index in [9.17, 15) is 22.0 Å². The molecule has 0 bridgehead atoms. The number of carbonyl (C=O) groups excluding carboxylic acids is 1. The van der Waals surface area contributed by atoms with Gasteiger partial charge >= 0.3 is 0 Å². The summed E-state index contributed by atoms with van der Waals surface area (Å²) < 4.78 is 73.3. The summed E-state index contributed by atoms with van der Waals surface area (Å²) in [6.07, 6.45) is -0.317. The molecule has 0 spiro atoms. The quantitative estimate of drug-likeness (QED) is 0.438. The number of amides is 1. The van der Waals surface area contributed by atoms with Crippen molar-refractivity contribution < 1.29 is 36.2 Å². The highest BCUT2D eigenvalue weighted by molar-refractivity contribution is 7.92. The van der Waals surface area contributed by atoms with Gasteiger partial charge in [0.05, 0.1) is 31.9 Å². The maximum atomic E-state index is 14.5. The van der Waals surface area contributed by atoms with Crippen molar-refractivity contribution in [3.8, 4) is 17.2 Å². The van der Waals surface area contributed by atoms with E-state index in [0.29, 0.717) is 11.3 Å². The monoisotopic (exact) mass is 520 g/mol. The average molecular weight is 521 g/mol. The number of rotatable bonds is 10. The van der Waals surface area contributed by atoms with Crippen molar-refractivity contribution in [3.05, 3.63) is 76.9 Å². The van der Waals surface area contributed by atoms with Crippen LogP contribution in [0, 0.1) is 18.6 Å². The maximum Gasteiger partial charge on any atom is 0.265 e. The van der Waals surface area contributed by atoms with Crippen LogP contribution in [0.3, 0.4) is 0 Å². The number of carbonyl (C=O) groups is 1. The highest BCUT2D eigenvalue weighted by atomic mass is 32.2. The first-order valence-electron chi connectivity index (χ1n) is 10.7. The molecule has 3 aromatic carbocycles. The second-order valence-corrected chi connectivity index (χ2v) is 9.71. The first-order chi connectivity index (χ1) is 17.0. The number of aryl methyl sites for hydroxylation is 1. The van der Waals surface area contributed by atoms with Gasteiger partial charge in [-0.05, 0) is 48.4 Å². The molecule has 0 aromatic heterocycles. The predicted molar refractivity (Wildman–Crippen MR) is 130 cm³/mol. The molecule has 0 atom stereocenters. The lowest BCUT2D eigenvalue weighted by Gasteiger charge is -2.28. The van der Waals surface area contributed by atoms with Crippen molar-refractivity contribution in [1.29, 1.82) is 0 Å². The molecular formula is C25H26F2N2O6S. The number of ether oxygens (including phenoxy) is 3. The topological polar surface area (TPSA) is 108 Å². The molecule has 11 heteroatoms. The number of sulfonamides is 1. The molecule has 0 aliphatic rings.